The van der Waals surface area contributed by atoms with Crippen LogP contribution in [0.2, 0.25) is 0 Å². The summed E-state index contributed by atoms with van der Waals surface area (Å²) < 4.78 is 0. The van der Waals surface area contributed by atoms with E-state index in [1.807, 2.05) is 56.9 Å². The molecule has 1 aliphatic heterocycles. The third kappa shape index (κ3) is 5.38. The summed E-state index contributed by atoms with van der Waals surface area (Å²) in [5.41, 5.74) is 2.05. The van der Waals surface area contributed by atoms with Crippen molar-refractivity contribution in [2.45, 2.75) is 52.5 Å². The van der Waals surface area contributed by atoms with Crippen molar-refractivity contribution in [3.05, 3.63) is 35.4 Å². The number of carbonyl (C=O) groups excluding carboxylic acids is 2. The van der Waals surface area contributed by atoms with E-state index in [0.717, 1.165) is 18.4 Å². The molecule has 1 aromatic rings. The minimum absolute atomic E-state index is 0.0256. The molecule has 0 radical (unpaired) electrons. The molecule has 4 nitrogen and oxygen atoms in total. The number of nitrogens with zero attached hydrogens (tertiary/aromatic N) is 1. The summed E-state index contributed by atoms with van der Waals surface area (Å²) in [5, 5.41) is 3.04. The van der Waals surface area contributed by atoms with Crippen LogP contribution in [0.5, 0.6) is 0 Å². The minimum atomic E-state index is -0.199. The van der Waals surface area contributed by atoms with Gasteiger partial charge in [-0.05, 0) is 46.1 Å². The molecule has 23 heavy (non-hydrogen) atoms. The highest BCUT2D eigenvalue weighted by atomic mass is 16.2. The maximum absolute atomic E-state index is 12.4. The highest BCUT2D eigenvalue weighted by molar-refractivity contribution is 5.81. The first kappa shape index (κ1) is 17.5. The number of likely N-dealkylation sites (tertiary alicyclic amines) is 1. The van der Waals surface area contributed by atoms with Gasteiger partial charge < -0.3 is 10.2 Å². The zero-order valence-corrected chi connectivity index (χ0v) is 14.7. The van der Waals surface area contributed by atoms with Crippen molar-refractivity contribution in [3.8, 4) is 0 Å². The van der Waals surface area contributed by atoms with Gasteiger partial charge in [-0.25, -0.2) is 0 Å². The number of amides is 2. The molecule has 0 atom stereocenters. The Morgan fingerprint density at radius 3 is 2.22 bits per heavy atom. The second-order valence-corrected chi connectivity index (χ2v) is 7.56. The Balaban J connectivity index is 1.83. The third-order valence-electron chi connectivity index (χ3n) is 4.19. The van der Waals surface area contributed by atoms with Crippen LogP contribution in [0, 0.1) is 12.8 Å². The van der Waals surface area contributed by atoms with Crippen molar-refractivity contribution in [3.63, 3.8) is 0 Å². The Morgan fingerprint density at radius 2 is 1.70 bits per heavy atom. The van der Waals surface area contributed by atoms with Crippen molar-refractivity contribution < 1.29 is 9.59 Å². The molecular weight excluding hydrogens is 288 g/mol. The van der Waals surface area contributed by atoms with Gasteiger partial charge in [-0.1, -0.05) is 29.8 Å². The second-order valence-electron chi connectivity index (χ2n) is 7.56. The Bertz CT molecular complexity index is 550. The predicted octanol–water partition coefficient (Wildman–Crippen LogP) is 2.69. The number of hydrogen-bond acceptors (Lipinski definition) is 2. The first-order valence-electron chi connectivity index (χ1n) is 8.40. The number of piperidine rings is 1. The first-order valence-corrected chi connectivity index (χ1v) is 8.40. The van der Waals surface area contributed by atoms with Crippen LogP contribution in [0.4, 0.5) is 0 Å². The van der Waals surface area contributed by atoms with Crippen LogP contribution in [-0.4, -0.2) is 35.3 Å². The Morgan fingerprint density at radius 1 is 1.13 bits per heavy atom. The molecule has 0 unspecified atom stereocenters. The van der Waals surface area contributed by atoms with Crippen LogP contribution < -0.4 is 5.32 Å². The number of hydrogen-bond donors (Lipinski definition) is 1. The summed E-state index contributed by atoms with van der Waals surface area (Å²) in [6.45, 7) is 9.36. The number of nitrogens with one attached hydrogen (secondary N) is 1. The molecule has 1 aliphatic rings. The van der Waals surface area contributed by atoms with Crippen LogP contribution in [-0.2, 0) is 16.0 Å². The standard InChI is InChI=1S/C19H28N2O2/c1-14-5-7-15(8-6-14)13-17(22)21-11-9-16(10-12-21)18(23)20-19(2,3)4/h5-8,16H,9-13H2,1-4H3,(H,20,23). The fourth-order valence-corrected chi connectivity index (χ4v) is 2.86. The number of benzene rings is 1. The SMILES string of the molecule is Cc1ccc(CC(=O)N2CCC(C(=O)NC(C)(C)C)CC2)cc1. The van der Waals surface area contributed by atoms with E-state index in [2.05, 4.69) is 5.32 Å². The number of aryl methyl sites for hydroxylation is 1. The first-order chi connectivity index (χ1) is 10.7. The van der Waals surface area contributed by atoms with Crippen LogP contribution in [0.25, 0.3) is 0 Å². The molecule has 126 valence electrons. The van der Waals surface area contributed by atoms with E-state index in [4.69, 9.17) is 0 Å². The highest BCUT2D eigenvalue weighted by Gasteiger charge is 2.28. The van der Waals surface area contributed by atoms with Gasteiger partial charge in [-0.15, -0.1) is 0 Å². The molecule has 2 amide bonds. The normalized spacial score (nSPS) is 16.3. The van der Waals surface area contributed by atoms with Crippen LogP contribution in [0.3, 0.4) is 0 Å². The summed E-state index contributed by atoms with van der Waals surface area (Å²) in [6, 6.07) is 8.09. The molecule has 1 saturated heterocycles. The van der Waals surface area contributed by atoms with Gasteiger partial charge in [0.15, 0.2) is 0 Å². The van der Waals surface area contributed by atoms with Crippen molar-refractivity contribution in [1.29, 1.82) is 0 Å². The van der Waals surface area contributed by atoms with Gasteiger partial charge in [0, 0.05) is 24.5 Å². The van der Waals surface area contributed by atoms with Crippen LogP contribution in [0.1, 0.15) is 44.7 Å². The van der Waals surface area contributed by atoms with Gasteiger partial charge in [-0.2, -0.15) is 0 Å². The highest BCUT2D eigenvalue weighted by Crippen LogP contribution is 2.19. The Labute approximate surface area is 139 Å². The van der Waals surface area contributed by atoms with E-state index < -0.39 is 0 Å². The maximum atomic E-state index is 12.4. The van der Waals surface area contributed by atoms with Crippen molar-refractivity contribution >= 4 is 11.8 Å². The van der Waals surface area contributed by atoms with Gasteiger partial charge in [0.25, 0.3) is 0 Å². The quantitative estimate of drug-likeness (QED) is 0.932. The van der Waals surface area contributed by atoms with Gasteiger partial charge in [0.05, 0.1) is 6.42 Å². The fraction of sp³-hybridized carbons (Fsp3) is 0.579. The zero-order chi connectivity index (χ0) is 17.0. The summed E-state index contributed by atoms with van der Waals surface area (Å²) >= 11 is 0. The monoisotopic (exact) mass is 316 g/mol. The number of carbonyl (C=O) groups is 2. The topological polar surface area (TPSA) is 49.4 Å². The molecule has 4 heteroatoms. The molecule has 1 fully saturated rings. The molecule has 0 saturated carbocycles. The van der Waals surface area contributed by atoms with E-state index in [1.54, 1.807) is 0 Å². The summed E-state index contributed by atoms with van der Waals surface area (Å²) in [4.78, 5) is 26.5. The molecule has 0 aromatic heterocycles. The average molecular weight is 316 g/mol. The van der Waals surface area contributed by atoms with Gasteiger partial charge in [-0.3, -0.25) is 9.59 Å². The lowest BCUT2D eigenvalue weighted by atomic mass is 9.94. The van der Waals surface area contributed by atoms with Crippen LogP contribution in [0.15, 0.2) is 24.3 Å². The minimum Gasteiger partial charge on any atom is -0.351 e. The van der Waals surface area contributed by atoms with Crippen LogP contribution >= 0.6 is 0 Å². The lowest BCUT2D eigenvalue weighted by Gasteiger charge is -2.33. The van der Waals surface area contributed by atoms with Gasteiger partial charge >= 0.3 is 0 Å². The third-order valence-corrected chi connectivity index (χ3v) is 4.19. The van der Waals surface area contributed by atoms with E-state index in [1.165, 1.54) is 5.56 Å². The van der Waals surface area contributed by atoms with Crippen molar-refractivity contribution in [2.75, 3.05) is 13.1 Å². The Hall–Kier alpha value is -1.84. The number of rotatable bonds is 3. The van der Waals surface area contributed by atoms with E-state index in [-0.39, 0.29) is 23.3 Å². The smallest absolute Gasteiger partial charge is 0.226 e. The lowest BCUT2D eigenvalue weighted by molar-refractivity contribution is -0.135. The zero-order valence-electron chi connectivity index (χ0n) is 14.7. The fourth-order valence-electron chi connectivity index (χ4n) is 2.86. The summed E-state index contributed by atoms with van der Waals surface area (Å²) in [7, 11) is 0. The van der Waals surface area contributed by atoms with Crippen molar-refractivity contribution in [1.82, 2.24) is 10.2 Å². The lowest BCUT2D eigenvalue weighted by Crippen LogP contribution is -2.48. The maximum Gasteiger partial charge on any atom is 0.226 e. The predicted molar refractivity (Wildman–Crippen MR) is 92.1 cm³/mol. The molecular formula is C19H28N2O2. The molecule has 1 aromatic carbocycles. The molecule has 0 bridgehead atoms. The molecule has 0 aliphatic carbocycles. The summed E-state index contributed by atoms with van der Waals surface area (Å²) in [5.74, 6) is 0.296. The second kappa shape index (κ2) is 7.16. The average Bonchev–Trinajstić information content (AvgIpc) is 2.48. The van der Waals surface area contributed by atoms with E-state index >= 15 is 0 Å². The van der Waals surface area contributed by atoms with E-state index in [0.29, 0.717) is 19.5 Å². The van der Waals surface area contributed by atoms with E-state index in [9.17, 15) is 9.59 Å². The largest absolute Gasteiger partial charge is 0.351 e. The molecule has 2 rings (SSSR count). The van der Waals surface area contributed by atoms with Gasteiger partial charge in [0.1, 0.15) is 0 Å². The molecule has 1 heterocycles. The Kier molecular flexibility index (Phi) is 5.45. The van der Waals surface area contributed by atoms with Gasteiger partial charge in [0.2, 0.25) is 11.8 Å². The molecule has 0 spiro atoms. The van der Waals surface area contributed by atoms with Crippen molar-refractivity contribution in [2.24, 2.45) is 5.92 Å². The summed E-state index contributed by atoms with van der Waals surface area (Å²) in [6.07, 6.45) is 1.95. The molecule has 1 N–H and O–H groups in total.